The lowest BCUT2D eigenvalue weighted by atomic mass is 10.1. The van der Waals surface area contributed by atoms with Crippen molar-refractivity contribution in [2.45, 2.75) is 25.7 Å². The molecule has 0 saturated carbocycles. The van der Waals surface area contributed by atoms with Crippen molar-refractivity contribution < 1.29 is 27.8 Å². The van der Waals surface area contributed by atoms with Crippen LogP contribution in [-0.2, 0) is 29.5 Å². The zero-order valence-corrected chi connectivity index (χ0v) is 44.3. The van der Waals surface area contributed by atoms with Crippen LogP contribution in [0.1, 0.15) is 24.2 Å². The van der Waals surface area contributed by atoms with Gasteiger partial charge in [-0.2, -0.15) is 4.99 Å². The lowest BCUT2D eigenvalue weighted by Crippen LogP contribution is -2.41. The second-order valence-electron chi connectivity index (χ2n) is 18.7. The first kappa shape index (κ1) is 54.7. The Kier molecular flexibility index (Phi) is 18.2. The van der Waals surface area contributed by atoms with Crippen molar-refractivity contribution in [3.63, 3.8) is 0 Å². The molecule has 2 fully saturated rings. The van der Waals surface area contributed by atoms with Crippen molar-refractivity contribution in [3.05, 3.63) is 182 Å². The van der Waals surface area contributed by atoms with Crippen LogP contribution >= 0.6 is 12.2 Å². The fraction of sp³-hybridized carbons (Fsp3) is 0.200. The molecular formula is C60H56F2N12O4S. The van der Waals surface area contributed by atoms with Crippen LogP contribution in [0.25, 0.3) is 33.3 Å². The molecule has 400 valence electrons. The average molecular weight is 1080 g/mol. The van der Waals surface area contributed by atoms with Gasteiger partial charge in [0.25, 0.3) is 0 Å². The molecule has 0 atom stereocenters. The van der Waals surface area contributed by atoms with Crippen LogP contribution < -0.4 is 25.8 Å². The zero-order valence-electron chi connectivity index (χ0n) is 43.5. The number of carbonyl (C=O) groups is 2. The quantitative estimate of drug-likeness (QED) is 0.0417. The number of aromatic nitrogens is 6. The molecule has 79 heavy (non-hydrogen) atoms. The minimum absolute atomic E-state index is 0.150. The van der Waals surface area contributed by atoms with Gasteiger partial charge in [-0.15, -0.1) is 0 Å². The van der Waals surface area contributed by atoms with Gasteiger partial charge in [-0.3, -0.25) is 39.3 Å². The first-order valence-corrected chi connectivity index (χ1v) is 25.9. The topological polar surface area (TPSA) is 191 Å². The van der Waals surface area contributed by atoms with Crippen molar-refractivity contribution >= 4 is 68.7 Å². The summed E-state index contributed by atoms with van der Waals surface area (Å²) in [5.41, 5.74) is 14.5. The van der Waals surface area contributed by atoms with Crippen LogP contribution in [0.3, 0.4) is 0 Å². The number of nitrogens with zero attached hydrogens (tertiary/aromatic N) is 9. The maximum absolute atomic E-state index is 14.7. The molecule has 0 amide bonds. The van der Waals surface area contributed by atoms with Gasteiger partial charge < -0.3 is 30.4 Å². The maximum Gasteiger partial charge on any atom is 0.208 e. The molecule has 0 bridgehead atoms. The van der Waals surface area contributed by atoms with Gasteiger partial charge in [-0.1, -0.05) is 12.1 Å². The van der Waals surface area contributed by atoms with Crippen LogP contribution in [0.5, 0.6) is 23.0 Å². The Hall–Kier alpha value is -9.13. The number of anilines is 4. The summed E-state index contributed by atoms with van der Waals surface area (Å²) in [4.78, 5) is 53.6. The van der Waals surface area contributed by atoms with Gasteiger partial charge >= 0.3 is 0 Å². The highest BCUT2D eigenvalue weighted by Crippen LogP contribution is 2.32. The summed E-state index contributed by atoms with van der Waals surface area (Å²) in [5.74, 6) is 2.54. The summed E-state index contributed by atoms with van der Waals surface area (Å²) in [6.07, 6.45) is 13.0. The second kappa shape index (κ2) is 26.3. The van der Waals surface area contributed by atoms with Gasteiger partial charge in [0.1, 0.15) is 40.3 Å². The van der Waals surface area contributed by atoms with Crippen LogP contribution in [0.15, 0.2) is 164 Å². The number of aryl methyl sites for hydroxylation is 1. The van der Waals surface area contributed by atoms with E-state index in [1.54, 1.807) is 91.8 Å². The number of Topliss-reactive ketones (excluding diaryl/α,β-unsaturated/α-hetero) is 2. The molecule has 0 radical (unpaired) electrons. The fourth-order valence-corrected chi connectivity index (χ4v) is 8.72. The number of halogens is 2. The molecule has 2 aliphatic rings. The molecule has 0 unspecified atom stereocenters. The number of isothiocyanates is 1. The predicted octanol–water partition coefficient (Wildman–Crippen LogP) is 11.5. The van der Waals surface area contributed by atoms with E-state index in [2.05, 4.69) is 67.7 Å². The van der Waals surface area contributed by atoms with Gasteiger partial charge in [0.15, 0.2) is 11.6 Å². The van der Waals surface area contributed by atoms with E-state index in [1.165, 1.54) is 18.6 Å². The molecule has 4 N–H and O–H groups in total. The van der Waals surface area contributed by atoms with Gasteiger partial charge in [0.2, 0.25) is 5.95 Å². The van der Waals surface area contributed by atoms with Gasteiger partial charge in [-0.25, -0.2) is 13.8 Å². The number of ether oxygens (including phenoxy) is 2. The number of benzene rings is 4. The van der Waals surface area contributed by atoms with E-state index in [0.29, 0.717) is 71.0 Å². The summed E-state index contributed by atoms with van der Waals surface area (Å²) in [5, 5.41) is 8.30. The standard InChI is InChI=1S/C30H27FN6O2.C18H22N4O2.C12H7FN2S/c1-36-29-6-4-24(39-25-9-12-33-22(17-25)16-23(38)19-37-13-2-14-37)18-28(29)35-30(36)34-27-15-21(3-5-26(27)31)20-7-10-32-11-8-20;1-20-18-4-3-15(11-17(18)19)24-16-5-6-21-13(10-16)9-14(23)12-22-7-2-8-22;13-11-2-1-10(7-12(11)15-8-16)9-3-5-14-6-4-9/h3-12,15,17-18H,2,13-14,16,19H2,1H3,(H,34,35);3-6,10-11,20H,2,7-9,12,19H2,1H3;1-7H. The number of ketones is 2. The molecule has 11 rings (SSSR count). The molecule has 9 aromatic rings. The molecular weight excluding hydrogens is 1020 g/mol. The lowest BCUT2D eigenvalue weighted by molar-refractivity contribution is -0.121. The predicted molar refractivity (Wildman–Crippen MR) is 307 cm³/mol. The largest absolute Gasteiger partial charge is 0.457 e. The minimum Gasteiger partial charge on any atom is -0.457 e. The van der Waals surface area contributed by atoms with Crippen molar-refractivity contribution in [2.24, 2.45) is 12.0 Å². The van der Waals surface area contributed by atoms with E-state index in [4.69, 9.17) is 15.2 Å². The van der Waals surface area contributed by atoms with Crippen molar-refractivity contribution in [1.82, 2.24) is 39.3 Å². The summed E-state index contributed by atoms with van der Waals surface area (Å²) < 4.78 is 41.7. The molecule has 19 heteroatoms. The molecule has 2 saturated heterocycles. The number of nitrogens with one attached hydrogen (secondary N) is 2. The smallest absolute Gasteiger partial charge is 0.208 e. The van der Waals surface area contributed by atoms with Crippen molar-refractivity contribution in [3.8, 4) is 45.3 Å². The zero-order chi connectivity index (χ0) is 55.1. The van der Waals surface area contributed by atoms with E-state index < -0.39 is 5.82 Å². The lowest BCUT2D eigenvalue weighted by Gasteiger charge is -2.29. The molecule has 5 aromatic heterocycles. The van der Waals surface area contributed by atoms with E-state index >= 15 is 0 Å². The number of pyridine rings is 4. The van der Waals surface area contributed by atoms with E-state index in [1.807, 2.05) is 73.3 Å². The molecule has 2 aliphatic heterocycles. The maximum atomic E-state index is 14.7. The normalized spacial score (nSPS) is 12.8. The summed E-state index contributed by atoms with van der Waals surface area (Å²) in [7, 11) is 3.69. The summed E-state index contributed by atoms with van der Waals surface area (Å²) in [6, 6.07) is 35.3. The number of thiocarbonyl (C=S) groups is 1. The Bertz CT molecular complexity index is 3630. The van der Waals surface area contributed by atoms with Crippen LogP contribution in [-0.4, -0.2) is 102 Å². The molecule has 4 aromatic carbocycles. The Labute approximate surface area is 461 Å². The number of likely N-dealkylation sites (tertiary alicyclic amines) is 2. The Morgan fingerprint density at radius 2 is 1.16 bits per heavy atom. The van der Waals surface area contributed by atoms with E-state index in [0.717, 1.165) is 71.8 Å². The monoisotopic (exact) mass is 1080 g/mol. The van der Waals surface area contributed by atoms with Crippen LogP contribution in [0.4, 0.5) is 37.5 Å². The molecule has 16 nitrogen and oxygen atoms in total. The van der Waals surface area contributed by atoms with E-state index in [-0.39, 0.29) is 29.5 Å². The third-order valence-corrected chi connectivity index (χ3v) is 13.1. The highest BCUT2D eigenvalue weighted by atomic mass is 32.1. The number of aliphatic imine (C=N–C) groups is 1. The van der Waals surface area contributed by atoms with Gasteiger partial charge in [0, 0.05) is 75.5 Å². The van der Waals surface area contributed by atoms with Crippen LogP contribution in [0, 0.1) is 11.6 Å². The second-order valence-corrected chi connectivity index (χ2v) is 18.8. The number of imidazole rings is 1. The van der Waals surface area contributed by atoms with Crippen LogP contribution in [0.2, 0.25) is 0 Å². The van der Waals surface area contributed by atoms with Crippen molar-refractivity contribution in [1.29, 1.82) is 0 Å². The number of hydrogen-bond donors (Lipinski definition) is 3. The molecule has 0 spiro atoms. The number of hydrogen-bond acceptors (Lipinski definition) is 16. The number of rotatable bonds is 18. The van der Waals surface area contributed by atoms with E-state index in [9.17, 15) is 18.4 Å². The highest BCUT2D eigenvalue weighted by Gasteiger charge is 2.20. The Balaban J connectivity index is 0.000000160. The number of carbonyl (C=O) groups excluding carboxylic acids is 2. The average Bonchev–Trinajstić information content (AvgIpc) is 3.87. The SMILES string of the molecule is CNc1ccc(Oc2ccnc(CC(=O)CN3CCC3)c2)cc1N.Cn1c(Nc2cc(-c3ccncc3)ccc2F)nc2cc(Oc3ccnc(CC(=O)CN4CCC4)c3)ccc21.Fc1ccc(-c2ccncc2)cc1N=C=S. The number of fused-ring (bicyclic) bond motifs is 1. The van der Waals surface area contributed by atoms with Crippen molar-refractivity contribution in [2.75, 3.05) is 62.7 Å². The third-order valence-electron chi connectivity index (χ3n) is 13.0. The number of nitrogen functional groups attached to an aromatic ring is 1. The first-order valence-electron chi connectivity index (χ1n) is 25.5. The summed E-state index contributed by atoms with van der Waals surface area (Å²) >= 11 is 4.46. The van der Waals surface area contributed by atoms with Gasteiger partial charge in [0.05, 0.1) is 70.6 Å². The third kappa shape index (κ3) is 14.9. The Morgan fingerprint density at radius 1 is 0.633 bits per heavy atom. The first-order chi connectivity index (χ1) is 38.5. The fourth-order valence-electron chi connectivity index (χ4n) is 8.62. The molecule has 0 aliphatic carbocycles. The van der Waals surface area contributed by atoms with Gasteiger partial charge in [-0.05, 0) is 158 Å². The minimum atomic E-state index is -0.407. The highest BCUT2D eigenvalue weighted by molar-refractivity contribution is 7.78. The summed E-state index contributed by atoms with van der Waals surface area (Å²) in [6.45, 7) is 5.00. The molecule has 7 heterocycles. The Morgan fingerprint density at radius 3 is 1.70 bits per heavy atom. The number of nitrogens with two attached hydrogens (primary N) is 1.